The van der Waals surface area contributed by atoms with Gasteiger partial charge in [-0.3, -0.25) is 14.6 Å². The highest BCUT2D eigenvalue weighted by Crippen LogP contribution is 2.28. The minimum atomic E-state index is -0.274. The molecule has 0 bridgehead atoms. The number of aryl methyl sites for hydroxylation is 1. The van der Waals surface area contributed by atoms with Gasteiger partial charge in [-0.1, -0.05) is 0 Å². The Hall–Kier alpha value is -3.90. The summed E-state index contributed by atoms with van der Waals surface area (Å²) in [6.45, 7) is 2.41. The van der Waals surface area contributed by atoms with Gasteiger partial charge in [0.2, 0.25) is 0 Å². The monoisotopic (exact) mass is 445 g/mol. The third kappa shape index (κ3) is 5.67. The van der Waals surface area contributed by atoms with Crippen LogP contribution in [0.3, 0.4) is 0 Å². The first kappa shape index (κ1) is 22.3. The van der Waals surface area contributed by atoms with Crippen LogP contribution in [0.4, 0.5) is 10.5 Å². The van der Waals surface area contributed by atoms with Crippen molar-refractivity contribution in [2.75, 3.05) is 25.5 Å². The molecule has 1 saturated heterocycles. The number of piperidine rings is 1. The standard InChI is InChI=1S/C24H27N7O2/c1-30-14-18(12-27-30)15-31-10-9-23(21(16-31)22-8-7-20(33-2)13-26-22)29-24(32)28-19-5-3-17(11-25)4-6-19/h3-8,12-14,21,23H,9-10,15-16H2,1-2H3,(H2,28,29,32)/t21-,23+/m0/s1. The fourth-order valence-electron chi connectivity index (χ4n) is 4.14. The number of hydrogen-bond donors (Lipinski definition) is 2. The van der Waals surface area contributed by atoms with Crippen LogP contribution in [-0.2, 0) is 13.6 Å². The highest BCUT2D eigenvalue weighted by molar-refractivity contribution is 5.89. The molecule has 2 N–H and O–H groups in total. The van der Waals surface area contributed by atoms with Gasteiger partial charge in [0.1, 0.15) is 5.75 Å². The number of nitriles is 1. The SMILES string of the molecule is COc1ccc([C@@H]2CN(Cc3cnn(C)c3)CC[C@H]2NC(=O)Nc2ccc(C#N)cc2)nc1. The average Bonchev–Trinajstić information content (AvgIpc) is 3.25. The average molecular weight is 446 g/mol. The molecule has 9 heteroatoms. The molecule has 1 aliphatic rings. The molecule has 2 atom stereocenters. The molecule has 9 nitrogen and oxygen atoms in total. The van der Waals surface area contributed by atoms with E-state index in [2.05, 4.69) is 31.7 Å². The van der Waals surface area contributed by atoms with Gasteiger partial charge in [0.15, 0.2) is 0 Å². The first-order chi connectivity index (χ1) is 16.0. The Morgan fingerprint density at radius 2 is 2.06 bits per heavy atom. The molecule has 3 aromatic rings. The Morgan fingerprint density at radius 3 is 2.70 bits per heavy atom. The van der Waals surface area contributed by atoms with Crippen LogP contribution in [0.2, 0.25) is 0 Å². The van der Waals surface area contributed by atoms with Crippen molar-refractivity contribution in [1.29, 1.82) is 5.26 Å². The molecule has 0 saturated carbocycles. The normalized spacial score (nSPS) is 18.3. The second kappa shape index (κ2) is 10.1. The van der Waals surface area contributed by atoms with Gasteiger partial charge in [-0.25, -0.2) is 4.79 Å². The number of ether oxygens (including phenoxy) is 1. The second-order valence-electron chi connectivity index (χ2n) is 8.17. The summed E-state index contributed by atoms with van der Waals surface area (Å²) in [5, 5.41) is 19.2. The van der Waals surface area contributed by atoms with Crippen LogP contribution in [0.15, 0.2) is 55.0 Å². The summed E-state index contributed by atoms with van der Waals surface area (Å²) in [5.74, 6) is 0.720. The predicted octanol–water partition coefficient (Wildman–Crippen LogP) is 2.88. The number of methoxy groups -OCH3 is 1. The van der Waals surface area contributed by atoms with E-state index in [1.54, 1.807) is 42.3 Å². The third-order valence-corrected chi connectivity index (χ3v) is 5.82. The molecular weight excluding hydrogens is 418 g/mol. The first-order valence-corrected chi connectivity index (χ1v) is 10.8. The molecule has 3 heterocycles. The van der Waals surface area contributed by atoms with E-state index in [1.807, 2.05) is 31.6 Å². The topological polar surface area (TPSA) is 108 Å². The summed E-state index contributed by atoms with van der Waals surface area (Å²) < 4.78 is 7.06. The van der Waals surface area contributed by atoms with Gasteiger partial charge in [0.05, 0.1) is 31.1 Å². The smallest absolute Gasteiger partial charge is 0.319 e. The number of anilines is 1. The van der Waals surface area contributed by atoms with E-state index in [4.69, 9.17) is 10.00 Å². The molecule has 33 heavy (non-hydrogen) atoms. The minimum absolute atomic E-state index is 0.0213. The summed E-state index contributed by atoms with van der Waals surface area (Å²) in [4.78, 5) is 19.7. The lowest BCUT2D eigenvalue weighted by Crippen LogP contribution is -2.50. The number of likely N-dealkylation sites (tertiary alicyclic amines) is 1. The Kier molecular flexibility index (Phi) is 6.86. The molecular formula is C24H27N7O2. The molecule has 0 spiro atoms. The molecule has 1 aliphatic heterocycles. The predicted molar refractivity (Wildman–Crippen MR) is 124 cm³/mol. The van der Waals surface area contributed by atoms with Gasteiger partial charge in [0.25, 0.3) is 0 Å². The third-order valence-electron chi connectivity index (χ3n) is 5.82. The van der Waals surface area contributed by atoms with Crippen molar-refractivity contribution in [3.63, 3.8) is 0 Å². The summed E-state index contributed by atoms with van der Waals surface area (Å²) >= 11 is 0. The van der Waals surface area contributed by atoms with Gasteiger partial charge in [-0.2, -0.15) is 10.4 Å². The van der Waals surface area contributed by atoms with E-state index < -0.39 is 0 Å². The van der Waals surface area contributed by atoms with E-state index in [-0.39, 0.29) is 18.0 Å². The minimum Gasteiger partial charge on any atom is -0.495 e. The highest BCUT2D eigenvalue weighted by atomic mass is 16.5. The van der Waals surface area contributed by atoms with Crippen molar-refractivity contribution in [2.45, 2.75) is 24.9 Å². The number of benzene rings is 1. The lowest BCUT2D eigenvalue weighted by molar-refractivity contribution is 0.167. The maximum Gasteiger partial charge on any atom is 0.319 e. The number of aromatic nitrogens is 3. The van der Waals surface area contributed by atoms with Crippen LogP contribution >= 0.6 is 0 Å². The van der Waals surface area contributed by atoms with Crippen LogP contribution in [-0.4, -0.2) is 51.9 Å². The Bertz CT molecular complexity index is 1120. The van der Waals surface area contributed by atoms with E-state index in [1.165, 1.54) is 0 Å². The number of amides is 2. The highest BCUT2D eigenvalue weighted by Gasteiger charge is 2.32. The van der Waals surface area contributed by atoms with Gasteiger partial charge >= 0.3 is 6.03 Å². The Morgan fingerprint density at radius 1 is 1.24 bits per heavy atom. The molecule has 1 aromatic carbocycles. The largest absolute Gasteiger partial charge is 0.495 e. The fraction of sp³-hybridized carbons (Fsp3) is 0.333. The maximum absolute atomic E-state index is 12.7. The van der Waals surface area contributed by atoms with E-state index >= 15 is 0 Å². The fourth-order valence-corrected chi connectivity index (χ4v) is 4.14. The van der Waals surface area contributed by atoms with Crippen LogP contribution < -0.4 is 15.4 Å². The van der Waals surface area contributed by atoms with Gasteiger partial charge in [-0.05, 0) is 42.8 Å². The number of rotatable bonds is 6. The van der Waals surface area contributed by atoms with Crippen molar-refractivity contribution in [2.24, 2.45) is 7.05 Å². The number of carbonyl (C=O) groups excluding carboxylic acids is 1. The van der Waals surface area contributed by atoms with Crippen LogP contribution in [0.5, 0.6) is 5.75 Å². The quantitative estimate of drug-likeness (QED) is 0.604. The van der Waals surface area contributed by atoms with Crippen molar-refractivity contribution in [3.05, 3.63) is 71.8 Å². The number of urea groups is 1. The zero-order chi connectivity index (χ0) is 23.2. The van der Waals surface area contributed by atoms with Crippen molar-refractivity contribution >= 4 is 11.7 Å². The number of pyridine rings is 1. The lowest BCUT2D eigenvalue weighted by atomic mass is 9.88. The summed E-state index contributed by atoms with van der Waals surface area (Å²) in [5.41, 5.74) is 3.26. The molecule has 0 aliphatic carbocycles. The molecule has 4 rings (SSSR count). The van der Waals surface area contributed by atoms with Gasteiger partial charge in [-0.15, -0.1) is 0 Å². The van der Waals surface area contributed by atoms with E-state index in [9.17, 15) is 4.79 Å². The first-order valence-electron chi connectivity index (χ1n) is 10.8. The molecule has 2 amide bonds. The molecule has 0 radical (unpaired) electrons. The van der Waals surface area contributed by atoms with Crippen LogP contribution in [0.1, 0.15) is 29.2 Å². The zero-order valence-corrected chi connectivity index (χ0v) is 18.7. The van der Waals surface area contributed by atoms with E-state index in [0.717, 1.165) is 37.3 Å². The lowest BCUT2D eigenvalue weighted by Gasteiger charge is -2.38. The Balaban J connectivity index is 1.46. The summed E-state index contributed by atoms with van der Waals surface area (Å²) in [6.07, 6.45) is 6.41. The van der Waals surface area contributed by atoms with Crippen molar-refractivity contribution < 1.29 is 9.53 Å². The zero-order valence-electron chi connectivity index (χ0n) is 18.7. The summed E-state index contributed by atoms with van der Waals surface area (Å²) in [6, 6.07) is 12.4. The second-order valence-corrected chi connectivity index (χ2v) is 8.17. The molecule has 1 fully saturated rings. The number of carbonyl (C=O) groups is 1. The number of nitrogens with zero attached hydrogens (tertiary/aromatic N) is 5. The number of hydrogen-bond acceptors (Lipinski definition) is 6. The number of nitrogens with one attached hydrogen (secondary N) is 2. The molecule has 0 unspecified atom stereocenters. The maximum atomic E-state index is 12.7. The van der Waals surface area contributed by atoms with Crippen molar-refractivity contribution in [3.8, 4) is 11.8 Å². The molecule has 170 valence electrons. The van der Waals surface area contributed by atoms with Crippen LogP contribution in [0.25, 0.3) is 0 Å². The summed E-state index contributed by atoms with van der Waals surface area (Å²) in [7, 11) is 3.53. The Labute approximate surface area is 193 Å². The molecule has 2 aromatic heterocycles. The van der Waals surface area contributed by atoms with Gasteiger partial charge < -0.3 is 15.4 Å². The van der Waals surface area contributed by atoms with Gasteiger partial charge in [0, 0.05) is 61.8 Å². The van der Waals surface area contributed by atoms with Crippen molar-refractivity contribution in [1.82, 2.24) is 25.0 Å². The van der Waals surface area contributed by atoms with Crippen LogP contribution in [0, 0.1) is 11.3 Å². The van der Waals surface area contributed by atoms with E-state index in [0.29, 0.717) is 17.0 Å².